The largest absolute Gasteiger partial charge is 0.465 e. The van der Waals surface area contributed by atoms with Gasteiger partial charge in [0.15, 0.2) is 0 Å². The van der Waals surface area contributed by atoms with E-state index in [0.29, 0.717) is 5.56 Å². The molecule has 1 rings (SSSR count). The lowest BCUT2D eigenvalue weighted by Crippen LogP contribution is -2.41. The molecule has 0 aliphatic heterocycles. The number of carbonyl (C=O) groups excluding carboxylic acids is 1. The van der Waals surface area contributed by atoms with Crippen LogP contribution in [0.1, 0.15) is 22.8 Å². The lowest BCUT2D eigenvalue weighted by atomic mass is 10.1. The van der Waals surface area contributed by atoms with Crippen LogP contribution in [-0.2, 0) is 20.5 Å². The Hall–Kier alpha value is -1.09. The number of thioether (sulfide) groups is 1. The zero-order chi connectivity index (χ0) is 16.8. The maximum absolute atomic E-state index is 12.3. The Bertz CT molecular complexity index is 599. The fourth-order valence-corrected chi connectivity index (χ4v) is 4.18. The summed E-state index contributed by atoms with van der Waals surface area (Å²) in [6, 6.07) is 6.00. The summed E-state index contributed by atoms with van der Waals surface area (Å²) in [5.41, 5.74) is 0.602. The first kappa shape index (κ1) is 19.0. The summed E-state index contributed by atoms with van der Waals surface area (Å²) in [6.45, 7) is 1.57. The van der Waals surface area contributed by atoms with Crippen LogP contribution in [0.4, 0.5) is 0 Å². The molecule has 8 heteroatoms. The van der Waals surface area contributed by atoms with Crippen LogP contribution in [0.3, 0.4) is 0 Å². The minimum Gasteiger partial charge on any atom is -0.465 e. The fourth-order valence-electron chi connectivity index (χ4n) is 2.00. The first-order valence-electron chi connectivity index (χ1n) is 6.64. The second-order valence-electron chi connectivity index (χ2n) is 4.77. The van der Waals surface area contributed by atoms with E-state index >= 15 is 0 Å². The smallest absolute Gasteiger partial charge is 0.338 e. The molecular formula is C14H21NO5S2. The number of nitrogens with one attached hydrogen (secondary N) is 1. The number of rotatable bonds is 8. The summed E-state index contributed by atoms with van der Waals surface area (Å²) in [6.07, 6.45) is 1.80. The first-order chi connectivity index (χ1) is 10.3. The van der Waals surface area contributed by atoms with Crippen LogP contribution in [-0.4, -0.2) is 50.8 Å². The van der Waals surface area contributed by atoms with Gasteiger partial charge in [0.1, 0.15) is 0 Å². The second kappa shape index (κ2) is 8.52. The van der Waals surface area contributed by atoms with Gasteiger partial charge >= 0.3 is 5.97 Å². The molecule has 0 radical (unpaired) electrons. The summed E-state index contributed by atoms with van der Waals surface area (Å²) in [4.78, 5) is 11.7. The molecule has 22 heavy (non-hydrogen) atoms. The van der Waals surface area contributed by atoms with Gasteiger partial charge in [-0.2, -0.15) is 11.8 Å². The number of benzene rings is 1. The SMILES string of the molecule is COC(=O)c1ccccc1CS(=O)(=O)N[C@@H](C)[C@H](CO)SC. The summed E-state index contributed by atoms with van der Waals surface area (Å²) in [5, 5.41) is 8.98. The molecule has 0 saturated heterocycles. The molecule has 0 saturated carbocycles. The lowest BCUT2D eigenvalue weighted by molar-refractivity contribution is 0.0600. The predicted octanol–water partition coefficient (Wildman–Crippen LogP) is 1.00. The van der Waals surface area contributed by atoms with E-state index in [4.69, 9.17) is 0 Å². The summed E-state index contributed by atoms with van der Waals surface area (Å²) < 4.78 is 31.7. The van der Waals surface area contributed by atoms with Gasteiger partial charge in [0.25, 0.3) is 0 Å². The quantitative estimate of drug-likeness (QED) is 0.682. The number of esters is 1. The molecule has 1 aromatic rings. The van der Waals surface area contributed by atoms with Crippen molar-refractivity contribution in [2.75, 3.05) is 20.0 Å². The van der Waals surface area contributed by atoms with Crippen molar-refractivity contribution in [1.82, 2.24) is 4.72 Å². The van der Waals surface area contributed by atoms with E-state index in [9.17, 15) is 18.3 Å². The van der Waals surface area contributed by atoms with Crippen LogP contribution in [0.2, 0.25) is 0 Å². The van der Waals surface area contributed by atoms with E-state index in [1.165, 1.54) is 24.9 Å². The average molecular weight is 347 g/mol. The van der Waals surface area contributed by atoms with E-state index in [2.05, 4.69) is 9.46 Å². The molecule has 2 N–H and O–H groups in total. The average Bonchev–Trinajstić information content (AvgIpc) is 2.47. The first-order valence-corrected chi connectivity index (χ1v) is 9.58. The molecule has 124 valence electrons. The Morgan fingerprint density at radius 2 is 2.05 bits per heavy atom. The maximum atomic E-state index is 12.3. The van der Waals surface area contributed by atoms with Crippen LogP contribution in [0.25, 0.3) is 0 Å². The Morgan fingerprint density at radius 3 is 2.59 bits per heavy atom. The molecule has 0 unspecified atom stereocenters. The molecule has 0 aliphatic rings. The molecule has 2 atom stereocenters. The van der Waals surface area contributed by atoms with Crippen LogP contribution in [0, 0.1) is 0 Å². The number of methoxy groups -OCH3 is 1. The molecule has 0 heterocycles. The van der Waals surface area contributed by atoms with Gasteiger partial charge in [-0.15, -0.1) is 0 Å². The molecule has 0 amide bonds. The zero-order valence-electron chi connectivity index (χ0n) is 12.8. The highest BCUT2D eigenvalue weighted by Crippen LogP contribution is 2.16. The van der Waals surface area contributed by atoms with E-state index in [0.717, 1.165) is 0 Å². The van der Waals surface area contributed by atoms with Crippen LogP contribution < -0.4 is 4.72 Å². The van der Waals surface area contributed by atoms with Crippen molar-refractivity contribution in [2.45, 2.75) is 24.0 Å². The highest BCUT2D eigenvalue weighted by molar-refractivity contribution is 7.99. The number of carbonyl (C=O) groups is 1. The van der Waals surface area contributed by atoms with Gasteiger partial charge in [-0.25, -0.2) is 17.9 Å². The monoisotopic (exact) mass is 347 g/mol. The molecule has 0 aliphatic carbocycles. The second-order valence-corrected chi connectivity index (χ2v) is 7.60. The van der Waals surface area contributed by atoms with E-state index in [-0.39, 0.29) is 23.2 Å². The number of ether oxygens (including phenoxy) is 1. The molecule has 0 aromatic heterocycles. The number of hydrogen-bond donors (Lipinski definition) is 2. The summed E-state index contributed by atoms with van der Waals surface area (Å²) in [7, 11) is -2.40. The van der Waals surface area contributed by atoms with Gasteiger partial charge in [0.05, 0.1) is 25.0 Å². The van der Waals surface area contributed by atoms with E-state index in [1.807, 2.05) is 0 Å². The van der Waals surface area contributed by atoms with Gasteiger partial charge in [0.2, 0.25) is 10.0 Å². The standard InChI is InChI=1S/C14H21NO5S2/c1-10(13(8-16)21-3)15-22(18,19)9-11-6-4-5-7-12(11)14(17)20-2/h4-7,10,13,15-16H,8-9H2,1-3H3/t10-,13-/m0/s1. The molecule has 6 nitrogen and oxygen atoms in total. The Kier molecular flexibility index (Phi) is 7.34. The summed E-state index contributed by atoms with van der Waals surface area (Å²) >= 11 is 1.39. The molecule has 0 fully saturated rings. The minimum atomic E-state index is -3.65. The molecule has 0 spiro atoms. The minimum absolute atomic E-state index is 0.121. The normalized spacial score (nSPS) is 14.4. The number of aliphatic hydroxyl groups excluding tert-OH is 1. The van der Waals surface area contributed by atoms with Crippen molar-refractivity contribution in [3.63, 3.8) is 0 Å². The molecular weight excluding hydrogens is 326 g/mol. The molecule has 1 aromatic carbocycles. The van der Waals surface area contributed by atoms with Crippen LogP contribution >= 0.6 is 11.8 Å². The maximum Gasteiger partial charge on any atom is 0.338 e. The van der Waals surface area contributed by atoms with Gasteiger partial charge in [0, 0.05) is 11.3 Å². The van der Waals surface area contributed by atoms with Crippen LogP contribution in [0.5, 0.6) is 0 Å². The lowest BCUT2D eigenvalue weighted by Gasteiger charge is -2.21. The van der Waals surface area contributed by atoms with Gasteiger partial charge in [-0.3, -0.25) is 0 Å². The fraction of sp³-hybridized carbons (Fsp3) is 0.500. The van der Waals surface area contributed by atoms with Gasteiger partial charge in [-0.1, -0.05) is 18.2 Å². The highest BCUT2D eigenvalue weighted by atomic mass is 32.2. The summed E-state index contributed by atoms with van der Waals surface area (Å²) in [5.74, 6) is -0.897. The van der Waals surface area contributed by atoms with E-state index < -0.39 is 22.0 Å². The molecule has 0 bridgehead atoms. The van der Waals surface area contributed by atoms with Crippen molar-refractivity contribution < 1.29 is 23.1 Å². The Balaban J connectivity index is 2.92. The third kappa shape index (κ3) is 5.28. The zero-order valence-corrected chi connectivity index (χ0v) is 14.4. The topological polar surface area (TPSA) is 92.7 Å². The number of aliphatic hydroxyl groups is 1. The Morgan fingerprint density at radius 1 is 1.41 bits per heavy atom. The van der Waals surface area contributed by atoms with Crippen molar-refractivity contribution >= 4 is 27.8 Å². The van der Waals surface area contributed by atoms with Gasteiger partial charge in [-0.05, 0) is 24.8 Å². The third-order valence-electron chi connectivity index (χ3n) is 3.17. The van der Waals surface area contributed by atoms with Crippen molar-refractivity contribution in [3.8, 4) is 0 Å². The Labute approximate surface area is 135 Å². The highest BCUT2D eigenvalue weighted by Gasteiger charge is 2.23. The van der Waals surface area contributed by atoms with Gasteiger partial charge < -0.3 is 9.84 Å². The van der Waals surface area contributed by atoms with Crippen LogP contribution in [0.15, 0.2) is 24.3 Å². The number of sulfonamides is 1. The van der Waals surface area contributed by atoms with Crippen molar-refractivity contribution in [3.05, 3.63) is 35.4 Å². The van der Waals surface area contributed by atoms with Crippen molar-refractivity contribution in [1.29, 1.82) is 0 Å². The third-order valence-corrected chi connectivity index (χ3v) is 5.76. The van der Waals surface area contributed by atoms with E-state index in [1.54, 1.807) is 31.4 Å². The van der Waals surface area contributed by atoms with Crippen molar-refractivity contribution in [2.24, 2.45) is 0 Å². The number of hydrogen-bond acceptors (Lipinski definition) is 6. The predicted molar refractivity (Wildman–Crippen MR) is 87.4 cm³/mol.